The van der Waals surface area contributed by atoms with Gasteiger partial charge < -0.3 is 0 Å². The Morgan fingerprint density at radius 2 is 2.00 bits per heavy atom. The molecule has 0 aliphatic heterocycles. The molecule has 8 heavy (non-hydrogen) atoms. The molecule has 0 spiro atoms. The molecule has 0 bridgehead atoms. The summed E-state index contributed by atoms with van der Waals surface area (Å²) in [6.07, 6.45) is -0.263. The lowest BCUT2D eigenvalue weighted by Crippen LogP contribution is -1.66. The Morgan fingerprint density at radius 3 is 2.12 bits per heavy atom. The minimum absolute atomic E-state index is 0.263. The summed E-state index contributed by atoms with van der Waals surface area (Å²) in [5, 5.41) is -0.436. The summed E-state index contributed by atoms with van der Waals surface area (Å²) < 4.78 is 22.8. The maximum absolute atomic E-state index is 11.7. The van der Waals surface area contributed by atoms with E-state index in [9.17, 15) is 8.78 Å². The summed E-state index contributed by atoms with van der Waals surface area (Å²) in [6, 6.07) is 0. The van der Waals surface area contributed by atoms with E-state index in [1.54, 1.807) is 0 Å². The van der Waals surface area contributed by atoms with Gasteiger partial charge in [-0.15, -0.1) is 0 Å². The first kappa shape index (κ1) is 7.92. The Hall–Kier alpha value is -0.0800. The number of hydrogen-bond donors (Lipinski definition) is 0. The van der Waals surface area contributed by atoms with Crippen LogP contribution in [-0.4, -0.2) is 0 Å². The van der Waals surface area contributed by atoms with Crippen LogP contribution in [0.2, 0.25) is 0 Å². The molecule has 0 radical (unpaired) electrons. The number of hydrogen-bond acceptors (Lipinski definition) is 0. The van der Waals surface area contributed by atoms with Gasteiger partial charge >= 0.3 is 0 Å². The highest BCUT2D eigenvalue weighted by Crippen LogP contribution is 2.16. The summed E-state index contributed by atoms with van der Waals surface area (Å²) in [5.74, 6) is -1.17. The van der Waals surface area contributed by atoms with Crippen LogP contribution in [0.4, 0.5) is 8.78 Å². The van der Waals surface area contributed by atoms with Crippen LogP contribution in [0.5, 0.6) is 0 Å². The molecule has 0 rings (SSSR count). The third-order valence-electron chi connectivity index (χ3n) is 0.420. The summed E-state index contributed by atoms with van der Waals surface area (Å²) in [6.45, 7) is 0. The SMILES string of the molecule is FC=C(F)C(Cl)=CCl. The van der Waals surface area contributed by atoms with Crippen LogP contribution in [0.1, 0.15) is 0 Å². The van der Waals surface area contributed by atoms with Crippen LogP contribution < -0.4 is 0 Å². The Labute approximate surface area is 55.4 Å². The number of halogens is 4. The van der Waals surface area contributed by atoms with Gasteiger partial charge in [-0.25, -0.2) is 8.78 Å². The summed E-state index contributed by atoms with van der Waals surface area (Å²) in [7, 11) is 0. The molecule has 0 atom stereocenters. The van der Waals surface area contributed by atoms with Crippen molar-refractivity contribution in [3.05, 3.63) is 22.7 Å². The van der Waals surface area contributed by atoms with Crippen molar-refractivity contribution in [2.45, 2.75) is 0 Å². The zero-order chi connectivity index (χ0) is 6.57. The predicted octanol–water partition coefficient (Wildman–Crippen LogP) is 3.09. The van der Waals surface area contributed by atoms with Crippen LogP contribution in [0, 0.1) is 0 Å². The molecule has 0 aromatic carbocycles. The largest absolute Gasteiger partial charge is 0.212 e. The Balaban J connectivity index is 4.04. The van der Waals surface area contributed by atoms with E-state index in [4.69, 9.17) is 23.2 Å². The van der Waals surface area contributed by atoms with Crippen molar-refractivity contribution < 1.29 is 8.78 Å². The second kappa shape index (κ2) is 3.87. The molecule has 0 heterocycles. The number of allylic oxidation sites excluding steroid dienone is 2. The summed E-state index contributed by atoms with van der Waals surface area (Å²) in [5.41, 5.74) is 0.743. The third kappa shape index (κ3) is 2.28. The molecule has 0 saturated heterocycles. The topological polar surface area (TPSA) is 0 Å². The van der Waals surface area contributed by atoms with E-state index < -0.39 is 10.9 Å². The second-order valence-corrected chi connectivity index (χ2v) is 1.54. The van der Waals surface area contributed by atoms with Gasteiger partial charge in [-0.1, -0.05) is 23.2 Å². The van der Waals surface area contributed by atoms with E-state index in [1.165, 1.54) is 0 Å². The first-order valence-corrected chi connectivity index (χ1v) is 2.46. The standard InChI is InChI=1S/C4H2Cl2F2/c5-1-3(6)4(8)2-7/h1-2H. The van der Waals surface area contributed by atoms with E-state index in [2.05, 4.69) is 0 Å². The van der Waals surface area contributed by atoms with Crippen LogP contribution >= 0.6 is 23.2 Å². The lowest BCUT2D eigenvalue weighted by Gasteiger charge is -1.84. The Morgan fingerprint density at radius 1 is 1.50 bits per heavy atom. The molecule has 0 aromatic rings. The summed E-state index contributed by atoms with van der Waals surface area (Å²) >= 11 is 9.85. The quantitative estimate of drug-likeness (QED) is 0.515. The molecule has 0 aromatic heterocycles. The summed E-state index contributed by atoms with van der Waals surface area (Å²) in [4.78, 5) is 0. The molecule has 0 aliphatic rings. The van der Waals surface area contributed by atoms with E-state index in [1.807, 2.05) is 0 Å². The molecule has 4 heteroatoms. The molecule has 0 unspecified atom stereocenters. The van der Waals surface area contributed by atoms with E-state index in [-0.39, 0.29) is 6.33 Å². The molecular formula is C4H2Cl2F2. The third-order valence-corrected chi connectivity index (χ3v) is 1.04. The van der Waals surface area contributed by atoms with Gasteiger partial charge in [-0.3, -0.25) is 0 Å². The fourth-order valence-corrected chi connectivity index (χ4v) is 0.250. The van der Waals surface area contributed by atoms with Crippen molar-refractivity contribution >= 4 is 23.2 Å². The van der Waals surface area contributed by atoms with Crippen LogP contribution in [0.15, 0.2) is 22.7 Å². The first-order chi connectivity index (χ1) is 3.72. The van der Waals surface area contributed by atoms with Crippen molar-refractivity contribution in [2.75, 3.05) is 0 Å². The van der Waals surface area contributed by atoms with E-state index >= 15 is 0 Å². The van der Waals surface area contributed by atoms with Gasteiger partial charge in [0, 0.05) is 5.54 Å². The van der Waals surface area contributed by atoms with E-state index in [0.29, 0.717) is 0 Å². The van der Waals surface area contributed by atoms with Gasteiger partial charge in [-0.2, -0.15) is 0 Å². The van der Waals surface area contributed by atoms with Gasteiger partial charge in [0.15, 0.2) is 5.83 Å². The lowest BCUT2D eigenvalue weighted by molar-refractivity contribution is 0.603. The van der Waals surface area contributed by atoms with Crippen molar-refractivity contribution in [3.8, 4) is 0 Å². The van der Waals surface area contributed by atoms with Crippen LogP contribution in [0.3, 0.4) is 0 Å². The lowest BCUT2D eigenvalue weighted by atomic mass is 10.6. The maximum atomic E-state index is 11.7. The van der Waals surface area contributed by atoms with E-state index in [0.717, 1.165) is 5.54 Å². The van der Waals surface area contributed by atoms with Crippen molar-refractivity contribution in [1.29, 1.82) is 0 Å². The molecule has 0 aliphatic carbocycles. The smallest absolute Gasteiger partial charge is 0.170 e. The average molecular weight is 159 g/mol. The highest BCUT2D eigenvalue weighted by Gasteiger charge is 1.96. The van der Waals surface area contributed by atoms with Crippen molar-refractivity contribution in [1.82, 2.24) is 0 Å². The normalized spacial score (nSPS) is 14.5. The highest BCUT2D eigenvalue weighted by molar-refractivity contribution is 6.38. The molecule has 0 fully saturated rings. The predicted molar refractivity (Wildman–Crippen MR) is 30.1 cm³/mol. The van der Waals surface area contributed by atoms with Gasteiger partial charge in [0.1, 0.15) is 6.33 Å². The molecule has 46 valence electrons. The average Bonchev–Trinajstić information content (AvgIpc) is 1.84. The maximum Gasteiger partial charge on any atom is 0.170 e. The minimum Gasteiger partial charge on any atom is -0.212 e. The van der Waals surface area contributed by atoms with Crippen LogP contribution in [-0.2, 0) is 0 Å². The first-order valence-electron chi connectivity index (χ1n) is 1.64. The Bertz CT molecular complexity index is 112. The van der Waals surface area contributed by atoms with Gasteiger partial charge in [0.05, 0.1) is 5.03 Å². The monoisotopic (exact) mass is 158 g/mol. The van der Waals surface area contributed by atoms with Gasteiger partial charge in [0.2, 0.25) is 0 Å². The zero-order valence-corrected chi connectivity index (χ0v) is 5.18. The second-order valence-electron chi connectivity index (χ2n) is 0.914. The molecular weight excluding hydrogens is 157 g/mol. The highest BCUT2D eigenvalue weighted by atomic mass is 35.5. The molecule has 0 N–H and O–H groups in total. The molecule has 0 saturated carbocycles. The van der Waals surface area contributed by atoms with Gasteiger partial charge in [-0.05, 0) is 0 Å². The van der Waals surface area contributed by atoms with Crippen molar-refractivity contribution in [2.24, 2.45) is 0 Å². The molecule has 0 amide bonds. The van der Waals surface area contributed by atoms with Crippen molar-refractivity contribution in [3.63, 3.8) is 0 Å². The molecule has 0 nitrogen and oxygen atoms in total. The van der Waals surface area contributed by atoms with Gasteiger partial charge in [0.25, 0.3) is 0 Å². The fourth-order valence-electron chi connectivity index (χ4n) is 0.104. The minimum atomic E-state index is -1.17. The fraction of sp³-hybridized carbons (Fsp3) is 0. The Kier molecular flexibility index (Phi) is 3.83. The number of rotatable bonds is 1. The van der Waals surface area contributed by atoms with Crippen LogP contribution in [0.25, 0.3) is 0 Å². The zero-order valence-electron chi connectivity index (χ0n) is 3.67.